The third kappa shape index (κ3) is 2.69. The summed E-state index contributed by atoms with van der Waals surface area (Å²) in [7, 11) is -3.86. The maximum absolute atomic E-state index is 14.0. The van der Waals surface area contributed by atoms with E-state index in [9.17, 15) is 17.6 Å². The first-order chi connectivity index (χ1) is 10.9. The van der Waals surface area contributed by atoms with Crippen LogP contribution in [0, 0.1) is 17.1 Å². The topological polar surface area (TPSA) is 78.2 Å². The largest absolute Gasteiger partial charge is 0.268 e. The number of fused-ring (bicyclic) bond motifs is 1. The summed E-state index contributed by atoms with van der Waals surface area (Å²) in [5.41, 5.74) is 0.912. The summed E-state index contributed by atoms with van der Waals surface area (Å²) in [6, 6.07) is 12.0. The molecule has 0 saturated heterocycles. The molecule has 2 aromatic carbocycles. The highest BCUT2D eigenvalue weighted by Gasteiger charge is 2.35. The zero-order valence-corrected chi connectivity index (χ0v) is 12.7. The summed E-state index contributed by atoms with van der Waals surface area (Å²) < 4.78 is 39.3. The molecular weight excluding hydrogens is 319 g/mol. The molecule has 1 amide bonds. The molecule has 7 heteroatoms. The molecule has 0 N–H and O–H groups in total. The summed E-state index contributed by atoms with van der Waals surface area (Å²) in [5, 5.41) is 8.73. The lowest BCUT2D eigenvalue weighted by Crippen LogP contribution is -2.41. The van der Waals surface area contributed by atoms with E-state index >= 15 is 0 Å². The van der Waals surface area contributed by atoms with Crippen LogP contribution in [0.15, 0.2) is 42.5 Å². The predicted molar refractivity (Wildman–Crippen MR) is 80.1 cm³/mol. The Morgan fingerprint density at radius 2 is 1.96 bits per heavy atom. The second kappa shape index (κ2) is 5.48. The van der Waals surface area contributed by atoms with Gasteiger partial charge >= 0.3 is 0 Å². The number of carbonyl (C=O) groups excluding carboxylic acids is 1. The molecule has 1 aliphatic heterocycles. The smallest absolute Gasteiger partial charge is 0.267 e. The molecule has 23 heavy (non-hydrogen) atoms. The van der Waals surface area contributed by atoms with E-state index in [-0.39, 0.29) is 16.9 Å². The van der Waals surface area contributed by atoms with Crippen molar-refractivity contribution in [2.45, 2.75) is 12.3 Å². The summed E-state index contributed by atoms with van der Waals surface area (Å²) in [5.74, 6) is -1.69. The molecule has 0 saturated carbocycles. The fraction of sp³-hybridized carbons (Fsp3) is 0.125. The molecule has 1 heterocycles. The van der Waals surface area contributed by atoms with Crippen LogP contribution in [0.3, 0.4) is 0 Å². The molecule has 0 aromatic heterocycles. The van der Waals surface area contributed by atoms with Gasteiger partial charge in [0, 0.05) is 11.1 Å². The Kier molecular flexibility index (Phi) is 3.62. The van der Waals surface area contributed by atoms with E-state index in [0.717, 1.165) is 6.07 Å². The first-order valence-electron chi connectivity index (χ1n) is 6.73. The van der Waals surface area contributed by atoms with E-state index in [2.05, 4.69) is 0 Å². The Bertz CT molecular complexity index is 948. The third-order valence-corrected chi connectivity index (χ3v) is 5.29. The summed E-state index contributed by atoms with van der Waals surface area (Å²) >= 11 is 0. The van der Waals surface area contributed by atoms with Crippen LogP contribution in [0.2, 0.25) is 0 Å². The molecule has 2 aromatic rings. The number of halogens is 1. The van der Waals surface area contributed by atoms with Crippen LogP contribution in [0.5, 0.6) is 0 Å². The molecule has 0 bridgehead atoms. The number of nitriles is 1. The highest BCUT2D eigenvalue weighted by Crippen LogP contribution is 2.26. The van der Waals surface area contributed by atoms with Crippen molar-refractivity contribution in [3.05, 3.63) is 70.5 Å². The number of rotatable bonds is 2. The van der Waals surface area contributed by atoms with Gasteiger partial charge in [0.2, 0.25) is 10.0 Å². The van der Waals surface area contributed by atoms with Crippen LogP contribution >= 0.6 is 0 Å². The average molecular weight is 330 g/mol. The second-order valence-corrected chi connectivity index (χ2v) is 7.04. The molecule has 0 aliphatic carbocycles. The maximum atomic E-state index is 14.0. The molecule has 116 valence electrons. The van der Waals surface area contributed by atoms with Crippen molar-refractivity contribution in [3.8, 4) is 6.07 Å². The number of benzene rings is 2. The van der Waals surface area contributed by atoms with Gasteiger partial charge in [-0.25, -0.2) is 17.1 Å². The number of sulfonamides is 1. The Morgan fingerprint density at radius 3 is 2.65 bits per heavy atom. The minimum absolute atomic E-state index is 0.0420. The van der Waals surface area contributed by atoms with Crippen molar-refractivity contribution in [2.75, 3.05) is 0 Å². The Labute approximate surface area is 132 Å². The quantitative estimate of drug-likeness (QED) is 0.845. The minimum atomic E-state index is -3.86. The van der Waals surface area contributed by atoms with E-state index in [1.54, 1.807) is 30.3 Å². The van der Waals surface area contributed by atoms with Gasteiger partial charge in [-0.15, -0.1) is 0 Å². The molecule has 5 nitrogen and oxygen atoms in total. The Hall–Kier alpha value is -2.72. The van der Waals surface area contributed by atoms with Gasteiger partial charge < -0.3 is 0 Å². The molecule has 0 atom stereocenters. The zero-order valence-electron chi connectivity index (χ0n) is 11.9. The van der Waals surface area contributed by atoms with Crippen LogP contribution in [0.1, 0.15) is 27.0 Å². The number of hydrogen-bond donors (Lipinski definition) is 0. The lowest BCUT2D eigenvalue weighted by molar-refractivity contribution is 0.0848. The number of nitrogens with zero attached hydrogens (tertiary/aromatic N) is 2. The van der Waals surface area contributed by atoms with E-state index in [1.807, 2.05) is 0 Å². The molecule has 0 radical (unpaired) electrons. The van der Waals surface area contributed by atoms with Gasteiger partial charge in [-0.1, -0.05) is 24.3 Å². The van der Waals surface area contributed by atoms with Crippen LogP contribution in [-0.4, -0.2) is 18.6 Å². The highest BCUT2D eigenvalue weighted by molar-refractivity contribution is 7.89. The minimum Gasteiger partial charge on any atom is -0.268 e. The molecule has 0 unspecified atom stereocenters. The number of amides is 1. The lowest BCUT2D eigenvalue weighted by Gasteiger charge is -2.28. The van der Waals surface area contributed by atoms with Gasteiger partial charge in [-0.05, 0) is 23.8 Å². The predicted octanol–water partition coefficient (Wildman–Crippen LogP) is 2.18. The molecule has 0 spiro atoms. The second-order valence-electron chi connectivity index (χ2n) is 5.14. The van der Waals surface area contributed by atoms with Gasteiger partial charge in [0.15, 0.2) is 0 Å². The van der Waals surface area contributed by atoms with Gasteiger partial charge in [-0.3, -0.25) is 4.79 Å². The van der Waals surface area contributed by atoms with E-state index in [4.69, 9.17) is 5.26 Å². The summed E-state index contributed by atoms with van der Waals surface area (Å²) in [6.07, 6.45) is 0. The summed E-state index contributed by atoms with van der Waals surface area (Å²) in [6.45, 7) is -0.396. The van der Waals surface area contributed by atoms with Crippen molar-refractivity contribution in [3.63, 3.8) is 0 Å². The fourth-order valence-electron chi connectivity index (χ4n) is 2.46. The Balaban J connectivity index is 2.00. The third-order valence-electron chi connectivity index (χ3n) is 3.64. The van der Waals surface area contributed by atoms with Gasteiger partial charge in [0.25, 0.3) is 5.91 Å². The molecule has 1 aliphatic rings. The molecular formula is C16H11FN2O3S. The zero-order chi connectivity index (χ0) is 16.6. The SMILES string of the molecule is N#Cc1ccc(CN2C(=O)c3ccccc3CS2(=O)=O)c(F)c1. The Morgan fingerprint density at radius 1 is 1.22 bits per heavy atom. The highest BCUT2D eigenvalue weighted by atomic mass is 32.2. The monoisotopic (exact) mass is 330 g/mol. The van der Waals surface area contributed by atoms with Crippen molar-refractivity contribution >= 4 is 15.9 Å². The molecule has 3 rings (SSSR count). The van der Waals surface area contributed by atoms with Crippen LogP contribution < -0.4 is 0 Å². The maximum Gasteiger partial charge on any atom is 0.267 e. The normalized spacial score (nSPS) is 15.8. The van der Waals surface area contributed by atoms with Gasteiger partial charge in [0.05, 0.1) is 23.9 Å². The van der Waals surface area contributed by atoms with E-state index in [0.29, 0.717) is 15.4 Å². The molecule has 0 fully saturated rings. The van der Waals surface area contributed by atoms with Crippen molar-refractivity contribution < 1.29 is 17.6 Å². The van der Waals surface area contributed by atoms with Crippen LogP contribution in [0.25, 0.3) is 0 Å². The average Bonchev–Trinajstić information content (AvgIpc) is 2.52. The van der Waals surface area contributed by atoms with Gasteiger partial charge in [0.1, 0.15) is 5.82 Å². The number of hydrogen-bond acceptors (Lipinski definition) is 4. The van der Waals surface area contributed by atoms with E-state index < -0.39 is 28.3 Å². The van der Waals surface area contributed by atoms with Crippen LogP contribution in [-0.2, 0) is 22.3 Å². The van der Waals surface area contributed by atoms with Crippen molar-refractivity contribution in [2.24, 2.45) is 0 Å². The van der Waals surface area contributed by atoms with Crippen molar-refractivity contribution in [1.82, 2.24) is 4.31 Å². The number of carbonyl (C=O) groups is 1. The first kappa shape index (κ1) is 15.2. The van der Waals surface area contributed by atoms with Crippen LogP contribution in [0.4, 0.5) is 4.39 Å². The first-order valence-corrected chi connectivity index (χ1v) is 8.34. The van der Waals surface area contributed by atoms with Crippen molar-refractivity contribution in [1.29, 1.82) is 5.26 Å². The summed E-state index contributed by atoms with van der Waals surface area (Å²) in [4.78, 5) is 12.4. The fourth-order valence-corrected chi connectivity index (χ4v) is 3.95. The lowest BCUT2D eigenvalue weighted by atomic mass is 10.1. The van der Waals surface area contributed by atoms with Gasteiger partial charge in [-0.2, -0.15) is 5.26 Å². The standard InChI is InChI=1S/C16H11FN2O3S/c17-15-7-11(8-18)5-6-12(15)9-19-16(20)14-4-2-1-3-13(14)10-23(19,21)22/h1-7H,9-10H2. The van der Waals surface area contributed by atoms with E-state index in [1.165, 1.54) is 12.1 Å².